The minimum absolute atomic E-state index is 0. The number of rotatable bonds is 9. The van der Waals surface area contributed by atoms with Crippen LogP contribution in [0.15, 0.2) is 72.9 Å². The number of phenols is 1. The van der Waals surface area contributed by atoms with Gasteiger partial charge in [-0.1, -0.05) is 36.4 Å². The molecule has 0 radical (unpaired) electrons. The lowest BCUT2D eigenvalue weighted by atomic mass is 9.91. The van der Waals surface area contributed by atoms with Gasteiger partial charge in [-0.05, 0) is 77.9 Å². The van der Waals surface area contributed by atoms with Crippen LogP contribution in [0.25, 0.3) is 28.3 Å². The van der Waals surface area contributed by atoms with E-state index in [1.54, 1.807) is 36.0 Å². The molecule has 4 N–H and O–H groups in total. The number of piperidine rings is 1. The first-order valence-corrected chi connectivity index (χ1v) is 14.6. The van der Waals surface area contributed by atoms with E-state index in [9.17, 15) is 19.6 Å². The highest BCUT2D eigenvalue weighted by molar-refractivity contribution is 5.91. The molecule has 1 aliphatic rings. The fraction of sp³-hybridized carbons (Fsp3) is 0.229. The predicted octanol–water partition coefficient (Wildman–Crippen LogP) is 6.15. The Hall–Kier alpha value is -4.95. The number of halogens is 2. The highest BCUT2D eigenvalue weighted by Crippen LogP contribution is 2.41. The van der Waals surface area contributed by atoms with E-state index < -0.39 is 11.7 Å². The van der Waals surface area contributed by atoms with Gasteiger partial charge in [-0.15, -0.1) is 12.4 Å². The number of aromatic hydroxyl groups is 1. The van der Waals surface area contributed by atoms with Crippen LogP contribution >= 0.6 is 12.4 Å². The number of hydrogen-bond donors (Lipinski definition) is 4. The number of nitrogens with zero attached hydrogens (tertiary/aromatic N) is 3. The number of aromatic nitrogens is 1. The van der Waals surface area contributed by atoms with Crippen LogP contribution in [0, 0.1) is 24.1 Å². The van der Waals surface area contributed by atoms with Gasteiger partial charge in [0.1, 0.15) is 17.7 Å². The summed E-state index contributed by atoms with van der Waals surface area (Å²) in [6, 6.07) is 19.8. The Morgan fingerprint density at radius 3 is 2.48 bits per heavy atom. The van der Waals surface area contributed by atoms with Crippen molar-refractivity contribution >= 4 is 30.2 Å². The van der Waals surface area contributed by atoms with Crippen molar-refractivity contribution in [3.63, 3.8) is 0 Å². The first kappa shape index (κ1) is 33.9. The van der Waals surface area contributed by atoms with Gasteiger partial charge in [0.25, 0.3) is 5.91 Å². The van der Waals surface area contributed by atoms with E-state index in [2.05, 4.69) is 10.2 Å². The van der Waals surface area contributed by atoms with Crippen molar-refractivity contribution in [2.75, 3.05) is 25.1 Å². The summed E-state index contributed by atoms with van der Waals surface area (Å²) in [6.45, 7) is 4.25. The van der Waals surface area contributed by atoms with Gasteiger partial charge in [0.15, 0.2) is 11.5 Å². The van der Waals surface area contributed by atoms with Crippen LogP contribution in [-0.4, -0.2) is 47.4 Å². The fourth-order valence-corrected chi connectivity index (χ4v) is 5.64. The van der Waals surface area contributed by atoms with E-state index in [-0.39, 0.29) is 23.7 Å². The number of methoxy groups -OCH3 is 1. The average molecular weight is 644 g/mol. The zero-order valence-electron chi connectivity index (χ0n) is 25.5. The number of amides is 1. The number of nitriles is 1. The van der Waals surface area contributed by atoms with E-state index in [4.69, 9.17) is 14.9 Å². The van der Waals surface area contributed by atoms with Crippen LogP contribution < -0.4 is 20.4 Å². The van der Waals surface area contributed by atoms with E-state index >= 15 is 0 Å². The lowest BCUT2D eigenvalue weighted by molar-refractivity contribution is -0.124. The van der Waals surface area contributed by atoms with Crippen molar-refractivity contribution in [1.82, 2.24) is 15.8 Å². The number of anilines is 1. The zero-order valence-corrected chi connectivity index (χ0v) is 26.3. The first-order valence-electron chi connectivity index (χ1n) is 14.6. The van der Waals surface area contributed by atoms with Crippen LogP contribution in [-0.2, 0) is 11.3 Å². The van der Waals surface area contributed by atoms with Crippen molar-refractivity contribution < 1.29 is 24.2 Å². The summed E-state index contributed by atoms with van der Waals surface area (Å²) in [5, 5.41) is 32.0. The third kappa shape index (κ3) is 7.64. The molecule has 46 heavy (non-hydrogen) atoms. The number of pyridine rings is 1. The molecule has 4 aromatic rings. The molecule has 1 fully saturated rings. The largest absolute Gasteiger partial charge is 0.504 e. The van der Waals surface area contributed by atoms with Gasteiger partial charge in [0.05, 0.1) is 12.7 Å². The predicted molar refractivity (Wildman–Crippen MR) is 177 cm³/mol. The first-order chi connectivity index (χ1) is 21.8. The number of hydrogen-bond acceptors (Lipinski definition) is 8. The maximum Gasteiger partial charge on any atom is 0.267 e. The Labute approximate surface area is 273 Å². The number of benzene rings is 3. The molecule has 9 nitrogen and oxygen atoms in total. The molecule has 0 unspecified atom stereocenters. The van der Waals surface area contributed by atoms with E-state index in [1.807, 2.05) is 43.3 Å². The van der Waals surface area contributed by atoms with Gasteiger partial charge >= 0.3 is 0 Å². The molecule has 0 bridgehead atoms. The van der Waals surface area contributed by atoms with Crippen LogP contribution in [0.4, 0.5) is 10.2 Å². The molecule has 1 amide bonds. The van der Waals surface area contributed by atoms with Crippen LogP contribution in [0.5, 0.6) is 11.5 Å². The zero-order chi connectivity index (χ0) is 31.9. The SMILES string of the molecule is COc1ccc(-c2cnc(N3CCC(NCc4ccc(/C=C/C(=O)NO)cc4)CC3)c(C)c2-c2ccc(C#N)c(F)c2)cc1O.Cl. The highest BCUT2D eigenvalue weighted by atomic mass is 35.5. The van der Waals surface area contributed by atoms with Crippen LogP contribution in [0.1, 0.15) is 35.1 Å². The fourth-order valence-electron chi connectivity index (χ4n) is 5.64. The van der Waals surface area contributed by atoms with Gasteiger partial charge in [-0.2, -0.15) is 5.26 Å². The summed E-state index contributed by atoms with van der Waals surface area (Å²) in [5.74, 6) is -0.0218. The molecule has 0 saturated carbocycles. The summed E-state index contributed by atoms with van der Waals surface area (Å²) in [4.78, 5) is 18.3. The molecule has 0 aliphatic carbocycles. The Morgan fingerprint density at radius 2 is 1.85 bits per heavy atom. The Kier molecular flexibility index (Phi) is 11.3. The van der Waals surface area contributed by atoms with E-state index in [0.29, 0.717) is 29.5 Å². The molecule has 0 spiro atoms. The van der Waals surface area contributed by atoms with Crippen LogP contribution in [0.3, 0.4) is 0 Å². The van der Waals surface area contributed by atoms with Crippen molar-refractivity contribution in [2.45, 2.75) is 32.4 Å². The summed E-state index contributed by atoms with van der Waals surface area (Å²) in [6.07, 6.45) is 6.47. The number of phenolic OH excluding ortho intramolecular Hbond substituents is 1. The molecule has 1 saturated heterocycles. The summed E-state index contributed by atoms with van der Waals surface area (Å²) in [5.41, 5.74) is 7.24. The number of carbonyl (C=O) groups excluding carboxylic acids is 1. The topological polar surface area (TPSA) is 131 Å². The highest BCUT2D eigenvalue weighted by Gasteiger charge is 2.24. The standard InChI is InChI=1S/C35H34FN5O4.ClH/c1-22-34(26-8-9-27(19-37)30(36)17-26)29(25-10-11-32(45-2)31(42)18-25)21-39-35(22)41-15-13-28(14-16-41)38-20-24-5-3-23(4-6-24)7-12-33(43)40-44;/h3-12,17-18,21,28,38,42,44H,13-16,20H2,1-2H3,(H,40,43);1H/b12-7+;. The number of nitrogens with one attached hydrogen (secondary N) is 2. The molecule has 3 aromatic carbocycles. The third-order valence-electron chi connectivity index (χ3n) is 8.07. The second kappa shape index (κ2) is 15.4. The minimum atomic E-state index is -0.594. The lowest BCUT2D eigenvalue weighted by Gasteiger charge is -2.35. The van der Waals surface area contributed by atoms with E-state index in [0.717, 1.165) is 59.6 Å². The Balaban J connectivity index is 0.00000480. The second-order valence-electron chi connectivity index (χ2n) is 10.9. The molecule has 5 rings (SSSR count). The minimum Gasteiger partial charge on any atom is -0.504 e. The maximum atomic E-state index is 14.8. The Morgan fingerprint density at radius 1 is 1.13 bits per heavy atom. The molecule has 2 heterocycles. The van der Waals surface area contributed by atoms with Crippen LogP contribution in [0.2, 0.25) is 0 Å². The smallest absolute Gasteiger partial charge is 0.267 e. The summed E-state index contributed by atoms with van der Waals surface area (Å²) >= 11 is 0. The number of carbonyl (C=O) groups is 1. The van der Waals surface area contributed by atoms with Gasteiger partial charge < -0.3 is 20.1 Å². The Bertz CT molecular complexity index is 1770. The molecule has 0 atom stereocenters. The van der Waals surface area contributed by atoms with Gasteiger partial charge in [0.2, 0.25) is 0 Å². The van der Waals surface area contributed by atoms with Crippen molar-refractivity contribution in [1.29, 1.82) is 5.26 Å². The monoisotopic (exact) mass is 643 g/mol. The van der Waals surface area contributed by atoms with Crippen molar-refractivity contribution in [3.05, 3.63) is 101 Å². The number of ether oxygens (including phenoxy) is 1. The average Bonchev–Trinajstić information content (AvgIpc) is 3.06. The van der Waals surface area contributed by atoms with Gasteiger partial charge in [0, 0.05) is 49.1 Å². The van der Waals surface area contributed by atoms with Gasteiger partial charge in [-0.25, -0.2) is 14.9 Å². The molecular weight excluding hydrogens is 609 g/mol. The molecule has 1 aliphatic heterocycles. The number of hydroxylamine groups is 1. The maximum absolute atomic E-state index is 14.8. The van der Waals surface area contributed by atoms with E-state index in [1.165, 1.54) is 25.3 Å². The normalized spacial score (nSPS) is 13.2. The van der Waals surface area contributed by atoms with Crippen molar-refractivity contribution in [2.24, 2.45) is 0 Å². The molecule has 1 aromatic heterocycles. The summed E-state index contributed by atoms with van der Waals surface area (Å²) < 4.78 is 20.0. The van der Waals surface area contributed by atoms with Gasteiger partial charge in [-0.3, -0.25) is 10.0 Å². The molecular formula is C35H35ClFN5O4. The molecule has 238 valence electrons. The quantitative estimate of drug-likeness (QED) is 0.0971. The third-order valence-corrected chi connectivity index (χ3v) is 8.07. The second-order valence-corrected chi connectivity index (χ2v) is 10.9. The molecule has 11 heteroatoms. The lowest BCUT2D eigenvalue weighted by Crippen LogP contribution is -2.42. The van der Waals surface area contributed by atoms with Crippen molar-refractivity contribution in [3.8, 4) is 39.8 Å². The summed E-state index contributed by atoms with van der Waals surface area (Å²) in [7, 11) is 1.49.